The van der Waals surface area contributed by atoms with Gasteiger partial charge in [0, 0.05) is 5.56 Å². The van der Waals surface area contributed by atoms with E-state index in [2.05, 4.69) is 26.5 Å². The molecule has 0 bridgehead atoms. The highest BCUT2D eigenvalue weighted by atomic mass is 79.9. The summed E-state index contributed by atoms with van der Waals surface area (Å²) in [5.41, 5.74) is 3.32. The van der Waals surface area contributed by atoms with Crippen LogP contribution in [0.25, 0.3) is 10.8 Å². The first-order valence-electron chi connectivity index (χ1n) is 8.94. The number of hydrogen-bond donors (Lipinski definition) is 1. The molecule has 6 heteroatoms. The maximum absolute atomic E-state index is 12.5. The van der Waals surface area contributed by atoms with Crippen molar-refractivity contribution in [3.8, 4) is 11.5 Å². The molecule has 0 unspecified atom stereocenters. The third-order valence-electron chi connectivity index (χ3n) is 4.28. The van der Waals surface area contributed by atoms with E-state index in [1.807, 2.05) is 67.6 Å². The van der Waals surface area contributed by atoms with E-state index in [-0.39, 0.29) is 5.91 Å². The van der Waals surface area contributed by atoms with Crippen LogP contribution in [0.15, 0.2) is 70.2 Å². The van der Waals surface area contributed by atoms with Gasteiger partial charge in [-0.15, -0.1) is 0 Å². The predicted molar refractivity (Wildman–Crippen MR) is 115 cm³/mol. The molecule has 1 N–H and O–H groups in total. The van der Waals surface area contributed by atoms with E-state index in [0.29, 0.717) is 17.9 Å². The summed E-state index contributed by atoms with van der Waals surface area (Å²) in [5, 5.41) is 6.17. The van der Waals surface area contributed by atoms with Crippen LogP contribution in [0.5, 0.6) is 11.5 Å². The number of carbonyl (C=O) groups is 1. The van der Waals surface area contributed by atoms with Crippen molar-refractivity contribution in [2.45, 2.75) is 19.4 Å². The Balaban J connectivity index is 1.70. The molecule has 0 aliphatic rings. The number of methoxy groups -OCH3 is 1. The highest BCUT2D eigenvalue weighted by molar-refractivity contribution is 9.10. The number of benzene rings is 3. The fraction of sp³-hybridized carbons (Fsp3) is 0.182. The highest BCUT2D eigenvalue weighted by Crippen LogP contribution is 2.33. The number of fused-ring (bicyclic) bond motifs is 1. The molecule has 0 saturated carbocycles. The first kappa shape index (κ1) is 19.9. The molecule has 0 aliphatic heterocycles. The van der Waals surface area contributed by atoms with Crippen LogP contribution in [0.4, 0.5) is 0 Å². The van der Waals surface area contributed by atoms with Crippen LogP contribution in [0.3, 0.4) is 0 Å². The molecule has 0 fully saturated rings. The number of para-hydroxylation sites is 1. The van der Waals surface area contributed by atoms with E-state index < -0.39 is 6.10 Å². The number of hydrazone groups is 1. The summed E-state index contributed by atoms with van der Waals surface area (Å²) in [7, 11) is 1.59. The van der Waals surface area contributed by atoms with Crippen molar-refractivity contribution >= 4 is 38.8 Å². The molecule has 0 radical (unpaired) electrons. The third kappa shape index (κ3) is 4.51. The average Bonchev–Trinajstić information content (AvgIpc) is 2.73. The molecule has 5 nitrogen and oxygen atoms in total. The normalized spacial score (nSPS) is 12.1. The molecule has 28 heavy (non-hydrogen) atoms. The quantitative estimate of drug-likeness (QED) is 0.418. The van der Waals surface area contributed by atoms with Gasteiger partial charge in [-0.05, 0) is 51.3 Å². The average molecular weight is 441 g/mol. The van der Waals surface area contributed by atoms with Gasteiger partial charge in [-0.2, -0.15) is 5.10 Å². The van der Waals surface area contributed by atoms with Gasteiger partial charge in [-0.3, -0.25) is 4.79 Å². The highest BCUT2D eigenvalue weighted by Gasteiger charge is 2.19. The topological polar surface area (TPSA) is 59.9 Å². The summed E-state index contributed by atoms with van der Waals surface area (Å²) in [4.78, 5) is 12.5. The van der Waals surface area contributed by atoms with Crippen LogP contribution in [0, 0.1) is 0 Å². The molecule has 1 amide bonds. The van der Waals surface area contributed by atoms with Crippen molar-refractivity contribution in [1.29, 1.82) is 0 Å². The van der Waals surface area contributed by atoms with Crippen LogP contribution in [0.2, 0.25) is 0 Å². The number of amides is 1. The van der Waals surface area contributed by atoms with Crippen LogP contribution >= 0.6 is 15.9 Å². The van der Waals surface area contributed by atoms with Gasteiger partial charge in [0.2, 0.25) is 0 Å². The third-order valence-corrected chi connectivity index (χ3v) is 5.10. The van der Waals surface area contributed by atoms with E-state index in [1.54, 1.807) is 13.3 Å². The standard InChI is InChI=1S/C22H21BrN2O3/c1-3-18(22(26)25-24-14-16-9-5-7-11-19(16)27-2)28-20-13-12-15-8-4-6-10-17(15)21(20)23/h4-14,18H,3H2,1-2H3,(H,25,26)/b24-14-/t18-/m1/s1. The number of hydrogen-bond acceptors (Lipinski definition) is 4. The molecule has 0 spiro atoms. The molecule has 0 saturated heterocycles. The number of nitrogens with one attached hydrogen (secondary N) is 1. The van der Waals surface area contributed by atoms with Crippen molar-refractivity contribution in [2.75, 3.05) is 7.11 Å². The Morgan fingerprint density at radius 3 is 2.64 bits per heavy atom. The molecule has 144 valence electrons. The molecule has 0 aliphatic carbocycles. The van der Waals surface area contributed by atoms with Gasteiger partial charge in [0.15, 0.2) is 6.10 Å². The minimum Gasteiger partial charge on any atom is -0.496 e. The van der Waals surface area contributed by atoms with Crippen molar-refractivity contribution in [2.24, 2.45) is 5.10 Å². The van der Waals surface area contributed by atoms with Crippen LogP contribution < -0.4 is 14.9 Å². The first-order valence-corrected chi connectivity index (χ1v) is 9.73. The fourth-order valence-corrected chi connectivity index (χ4v) is 3.38. The number of nitrogens with zero attached hydrogens (tertiary/aromatic N) is 1. The van der Waals surface area contributed by atoms with Crippen molar-refractivity contribution in [3.63, 3.8) is 0 Å². The Labute approximate surface area is 172 Å². The summed E-state index contributed by atoms with van der Waals surface area (Å²) in [6.07, 6.45) is 1.40. The van der Waals surface area contributed by atoms with Gasteiger partial charge in [-0.1, -0.05) is 49.4 Å². The molecule has 0 heterocycles. The lowest BCUT2D eigenvalue weighted by Crippen LogP contribution is -2.35. The second-order valence-corrected chi connectivity index (χ2v) is 6.88. The maximum atomic E-state index is 12.5. The SMILES string of the molecule is CC[C@@H](Oc1ccc2ccccc2c1Br)C(=O)N/N=C\c1ccccc1OC. The predicted octanol–water partition coefficient (Wildman–Crippen LogP) is 4.92. The van der Waals surface area contributed by atoms with E-state index >= 15 is 0 Å². The van der Waals surface area contributed by atoms with E-state index in [0.717, 1.165) is 20.8 Å². The van der Waals surface area contributed by atoms with Crippen molar-refractivity contribution < 1.29 is 14.3 Å². The lowest BCUT2D eigenvalue weighted by Gasteiger charge is -2.17. The zero-order valence-electron chi connectivity index (χ0n) is 15.7. The lowest BCUT2D eigenvalue weighted by atomic mass is 10.1. The lowest BCUT2D eigenvalue weighted by molar-refractivity contribution is -0.128. The monoisotopic (exact) mass is 440 g/mol. The number of ether oxygens (including phenoxy) is 2. The Hall–Kier alpha value is -2.86. The summed E-state index contributed by atoms with van der Waals surface area (Å²) in [6, 6.07) is 19.3. The van der Waals surface area contributed by atoms with E-state index in [4.69, 9.17) is 9.47 Å². The van der Waals surface area contributed by atoms with E-state index in [9.17, 15) is 4.79 Å². The minimum absolute atomic E-state index is 0.311. The number of halogens is 1. The summed E-state index contributed by atoms with van der Waals surface area (Å²) < 4.78 is 12.0. The van der Waals surface area contributed by atoms with Gasteiger partial charge >= 0.3 is 0 Å². The second kappa shape index (κ2) is 9.37. The zero-order valence-corrected chi connectivity index (χ0v) is 17.3. The molecule has 0 aromatic heterocycles. The molecule has 3 rings (SSSR count). The smallest absolute Gasteiger partial charge is 0.281 e. The second-order valence-electron chi connectivity index (χ2n) is 6.09. The maximum Gasteiger partial charge on any atom is 0.281 e. The van der Waals surface area contributed by atoms with Crippen LogP contribution in [-0.4, -0.2) is 25.3 Å². The number of rotatable bonds is 7. The summed E-state index contributed by atoms with van der Waals surface area (Å²) in [5.74, 6) is 0.993. The summed E-state index contributed by atoms with van der Waals surface area (Å²) >= 11 is 3.59. The molecular formula is C22H21BrN2O3. The first-order chi connectivity index (χ1) is 13.6. The van der Waals surface area contributed by atoms with Crippen LogP contribution in [-0.2, 0) is 4.79 Å². The Kier molecular flexibility index (Phi) is 6.66. The van der Waals surface area contributed by atoms with Crippen molar-refractivity contribution in [3.05, 3.63) is 70.7 Å². The van der Waals surface area contributed by atoms with E-state index in [1.165, 1.54) is 0 Å². The zero-order chi connectivity index (χ0) is 19.9. The summed E-state index contributed by atoms with van der Waals surface area (Å²) in [6.45, 7) is 1.89. The molecule has 1 atom stereocenters. The van der Waals surface area contributed by atoms with Gasteiger partial charge in [0.05, 0.1) is 17.8 Å². The van der Waals surface area contributed by atoms with Gasteiger partial charge in [0.1, 0.15) is 11.5 Å². The minimum atomic E-state index is -0.660. The van der Waals surface area contributed by atoms with Gasteiger partial charge in [-0.25, -0.2) is 5.43 Å². The molecule has 3 aromatic rings. The van der Waals surface area contributed by atoms with Crippen molar-refractivity contribution in [1.82, 2.24) is 5.43 Å². The Bertz CT molecular complexity index is 1000. The fourth-order valence-electron chi connectivity index (χ4n) is 2.79. The van der Waals surface area contributed by atoms with Crippen LogP contribution in [0.1, 0.15) is 18.9 Å². The Morgan fingerprint density at radius 2 is 1.86 bits per heavy atom. The number of carbonyl (C=O) groups excluding carboxylic acids is 1. The largest absolute Gasteiger partial charge is 0.496 e. The van der Waals surface area contributed by atoms with Gasteiger partial charge < -0.3 is 9.47 Å². The van der Waals surface area contributed by atoms with Gasteiger partial charge in [0.25, 0.3) is 5.91 Å². The molecular weight excluding hydrogens is 420 g/mol. The Morgan fingerprint density at radius 1 is 1.11 bits per heavy atom. The molecule has 3 aromatic carbocycles.